The topological polar surface area (TPSA) is 0 Å². The van der Waals surface area contributed by atoms with Crippen LogP contribution in [0.1, 0.15) is 38.1 Å². The van der Waals surface area contributed by atoms with Crippen LogP contribution < -0.4 is 0 Å². The zero-order valence-corrected chi connectivity index (χ0v) is 14.4. The summed E-state index contributed by atoms with van der Waals surface area (Å²) in [4.78, 5) is 1.23. The van der Waals surface area contributed by atoms with E-state index in [9.17, 15) is 0 Å². The smallest absolute Gasteiger partial charge is 0.0933 e. The van der Waals surface area contributed by atoms with Crippen molar-refractivity contribution in [3.8, 4) is 0 Å². The normalized spacial score (nSPS) is 12.8. The van der Waals surface area contributed by atoms with Crippen molar-refractivity contribution in [1.82, 2.24) is 0 Å². The van der Waals surface area contributed by atoms with E-state index in [1.54, 1.807) is 11.3 Å². The van der Waals surface area contributed by atoms with Crippen molar-refractivity contribution in [2.45, 2.75) is 33.1 Å². The van der Waals surface area contributed by atoms with Crippen molar-refractivity contribution < 1.29 is 0 Å². The lowest BCUT2D eigenvalue weighted by Crippen LogP contribution is -2.02. The van der Waals surface area contributed by atoms with Gasteiger partial charge in [-0.25, -0.2) is 0 Å². The Morgan fingerprint density at radius 3 is 2.14 bits per heavy atom. The fraction of sp³-hybridized carbons (Fsp3) is 0.263. The van der Waals surface area contributed by atoms with Crippen LogP contribution >= 0.6 is 22.9 Å². The second kappa shape index (κ2) is 5.47. The Labute approximate surface area is 135 Å². The van der Waals surface area contributed by atoms with Crippen LogP contribution in [0.2, 0.25) is 0 Å². The predicted molar refractivity (Wildman–Crippen MR) is 94.9 cm³/mol. The Hall–Kier alpha value is -1.31. The number of hydrogen-bond acceptors (Lipinski definition) is 1. The summed E-state index contributed by atoms with van der Waals surface area (Å²) < 4.78 is 1.30. The number of alkyl halides is 1. The molecule has 3 aromatic rings. The Morgan fingerprint density at radius 2 is 1.52 bits per heavy atom. The highest BCUT2D eigenvalue weighted by molar-refractivity contribution is 7.19. The number of aryl methyl sites for hydroxylation is 2. The van der Waals surface area contributed by atoms with Crippen molar-refractivity contribution >= 4 is 33.0 Å². The molecule has 0 spiro atoms. The van der Waals surface area contributed by atoms with Gasteiger partial charge < -0.3 is 0 Å². The van der Waals surface area contributed by atoms with E-state index >= 15 is 0 Å². The summed E-state index contributed by atoms with van der Waals surface area (Å²) in [5.74, 6) is 0. The fourth-order valence-electron chi connectivity index (χ4n) is 2.90. The average molecular weight is 315 g/mol. The summed E-state index contributed by atoms with van der Waals surface area (Å²) >= 11 is 8.67. The van der Waals surface area contributed by atoms with E-state index in [1.807, 2.05) is 0 Å². The maximum atomic E-state index is 6.87. The summed E-state index contributed by atoms with van der Waals surface area (Å²) in [6.07, 6.45) is 0. The average Bonchev–Trinajstić information content (AvgIpc) is 2.89. The van der Waals surface area contributed by atoms with Crippen LogP contribution in [0, 0.1) is 27.7 Å². The number of hydrogen-bond donors (Lipinski definition) is 0. The molecule has 0 fully saturated rings. The number of thiophene rings is 1. The van der Waals surface area contributed by atoms with Gasteiger partial charge in [-0.2, -0.15) is 0 Å². The van der Waals surface area contributed by atoms with Crippen LogP contribution in [-0.4, -0.2) is 0 Å². The third-order valence-electron chi connectivity index (χ3n) is 4.37. The molecule has 3 rings (SSSR count). The molecule has 1 unspecified atom stereocenters. The highest BCUT2D eigenvalue weighted by atomic mass is 35.5. The van der Waals surface area contributed by atoms with E-state index in [0.29, 0.717) is 0 Å². The van der Waals surface area contributed by atoms with Gasteiger partial charge in [0.05, 0.1) is 5.38 Å². The molecule has 0 N–H and O–H groups in total. The van der Waals surface area contributed by atoms with Gasteiger partial charge in [-0.3, -0.25) is 0 Å². The predicted octanol–water partition coefficient (Wildman–Crippen LogP) is 6.46. The van der Waals surface area contributed by atoms with E-state index in [0.717, 1.165) is 0 Å². The molecule has 0 bridgehead atoms. The van der Waals surface area contributed by atoms with E-state index in [-0.39, 0.29) is 5.38 Å². The van der Waals surface area contributed by atoms with Gasteiger partial charge in [-0.15, -0.1) is 22.9 Å². The molecule has 2 aromatic carbocycles. The summed E-state index contributed by atoms with van der Waals surface area (Å²) in [6.45, 7) is 8.69. The number of fused-ring (bicyclic) bond motifs is 1. The molecule has 108 valence electrons. The second-order valence-corrected chi connectivity index (χ2v) is 7.27. The van der Waals surface area contributed by atoms with Gasteiger partial charge >= 0.3 is 0 Å². The molecule has 0 aliphatic carbocycles. The lowest BCUT2D eigenvalue weighted by Gasteiger charge is -2.18. The van der Waals surface area contributed by atoms with Crippen molar-refractivity contribution in [3.05, 3.63) is 69.1 Å². The molecule has 0 aliphatic rings. The molecular weight excluding hydrogens is 296 g/mol. The SMILES string of the molecule is Cc1cc(C)c(C)c(C(Cl)c2cc3ccccc3s2)c1C. The Kier molecular flexibility index (Phi) is 3.81. The quantitative estimate of drug-likeness (QED) is 0.476. The fourth-order valence-corrected chi connectivity index (χ4v) is 4.47. The van der Waals surface area contributed by atoms with Gasteiger partial charge in [0.2, 0.25) is 0 Å². The van der Waals surface area contributed by atoms with Gasteiger partial charge in [0.1, 0.15) is 0 Å². The molecule has 0 aliphatic heterocycles. The van der Waals surface area contributed by atoms with Crippen LogP contribution in [0.4, 0.5) is 0 Å². The standard InChI is InChI=1S/C19H19ClS/c1-11-9-12(2)14(4)18(13(11)3)19(20)17-10-15-7-5-6-8-16(15)21-17/h5-10,19H,1-4H3. The zero-order valence-electron chi connectivity index (χ0n) is 12.8. The molecule has 0 saturated heterocycles. The monoisotopic (exact) mass is 314 g/mol. The molecule has 0 amide bonds. The maximum absolute atomic E-state index is 6.87. The molecule has 0 saturated carbocycles. The maximum Gasteiger partial charge on any atom is 0.0933 e. The zero-order chi connectivity index (χ0) is 15.1. The first-order valence-electron chi connectivity index (χ1n) is 7.19. The van der Waals surface area contributed by atoms with Gasteiger partial charge in [0.15, 0.2) is 0 Å². The number of halogens is 1. The van der Waals surface area contributed by atoms with Crippen LogP contribution in [0.25, 0.3) is 10.1 Å². The molecule has 0 radical (unpaired) electrons. The molecule has 2 heteroatoms. The molecular formula is C19H19ClS. The van der Waals surface area contributed by atoms with Crippen LogP contribution in [0.5, 0.6) is 0 Å². The molecule has 1 heterocycles. The Balaban J connectivity index is 2.16. The lowest BCUT2D eigenvalue weighted by molar-refractivity contribution is 1.07. The largest absolute Gasteiger partial charge is 0.138 e. The minimum absolute atomic E-state index is 0.0685. The Morgan fingerprint density at radius 1 is 0.905 bits per heavy atom. The Bertz CT molecular complexity index is 755. The van der Waals surface area contributed by atoms with Gasteiger partial charge in [-0.05, 0) is 73.0 Å². The van der Waals surface area contributed by atoms with Crippen molar-refractivity contribution in [2.24, 2.45) is 0 Å². The van der Waals surface area contributed by atoms with Gasteiger partial charge in [-0.1, -0.05) is 24.3 Å². The summed E-state index contributed by atoms with van der Waals surface area (Å²) in [7, 11) is 0. The van der Waals surface area contributed by atoms with Crippen molar-refractivity contribution in [1.29, 1.82) is 0 Å². The minimum Gasteiger partial charge on any atom is -0.138 e. The second-order valence-electron chi connectivity index (χ2n) is 5.72. The molecule has 0 nitrogen and oxygen atoms in total. The summed E-state index contributed by atoms with van der Waals surface area (Å²) in [5, 5.41) is 1.21. The molecule has 1 atom stereocenters. The summed E-state index contributed by atoms with van der Waals surface area (Å²) in [6, 6.07) is 13.0. The highest BCUT2D eigenvalue weighted by Crippen LogP contribution is 2.40. The molecule has 21 heavy (non-hydrogen) atoms. The minimum atomic E-state index is -0.0685. The summed E-state index contributed by atoms with van der Waals surface area (Å²) in [5.41, 5.74) is 6.55. The molecule has 1 aromatic heterocycles. The van der Waals surface area contributed by atoms with Crippen LogP contribution in [0.3, 0.4) is 0 Å². The van der Waals surface area contributed by atoms with E-state index in [1.165, 1.54) is 42.8 Å². The van der Waals surface area contributed by atoms with Gasteiger partial charge in [0, 0.05) is 9.58 Å². The van der Waals surface area contributed by atoms with Crippen molar-refractivity contribution in [3.63, 3.8) is 0 Å². The van der Waals surface area contributed by atoms with Crippen molar-refractivity contribution in [2.75, 3.05) is 0 Å². The number of rotatable bonds is 2. The van der Waals surface area contributed by atoms with E-state index < -0.39 is 0 Å². The van der Waals surface area contributed by atoms with E-state index in [4.69, 9.17) is 11.6 Å². The first kappa shape index (κ1) is 14.6. The highest BCUT2D eigenvalue weighted by Gasteiger charge is 2.20. The first-order chi connectivity index (χ1) is 9.99. The number of benzene rings is 2. The lowest BCUT2D eigenvalue weighted by atomic mass is 9.91. The van der Waals surface area contributed by atoms with Crippen LogP contribution in [0.15, 0.2) is 36.4 Å². The van der Waals surface area contributed by atoms with Crippen LogP contribution in [-0.2, 0) is 0 Å². The first-order valence-corrected chi connectivity index (χ1v) is 8.44. The van der Waals surface area contributed by atoms with E-state index in [2.05, 4.69) is 64.1 Å². The van der Waals surface area contributed by atoms with Gasteiger partial charge in [0.25, 0.3) is 0 Å². The third-order valence-corrected chi connectivity index (χ3v) is 6.14. The third kappa shape index (κ3) is 2.49.